The zero-order valence-corrected chi connectivity index (χ0v) is 10.5. The number of hydrogen-bond acceptors (Lipinski definition) is 2. The van der Waals surface area contributed by atoms with Crippen molar-refractivity contribution in [2.24, 2.45) is 23.7 Å². The number of fused-ring (bicyclic) bond motifs is 5. The lowest BCUT2D eigenvalue weighted by Crippen LogP contribution is -2.34. The van der Waals surface area contributed by atoms with Crippen molar-refractivity contribution in [1.82, 2.24) is 10.3 Å². The van der Waals surface area contributed by atoms with Gasteiger partial charge in [-0.2, -0.15) is 0 Å². The minimum atomic E-state index is -0.403. The van der Waals surface area contributed by atoms with Gasteiger partial charge in [-0.05, 0) is 55.1 Å². The van der Waals surface area contributed by atoms with Gasteiger partial charge in [-0.15, -0.1) is 0 Å². The van der Waals surface area contributed by atoms with Crippen LogP contribution in [0, 0.1) is 29.5 Å². The van der Waals surface area contributed by atoms with E-state index in [9.17, 15) is 9.18 Å². The molecule has 1 heterocycles. The topological polar surface area (TPSA) is 54.0 Å². The highest BCUT2D eigenvalue weighted by atomic mass is 19.1. The second-order valence-corrected chi connectivity index (χ2v) is 5.97. The Bertz CT molecular complexity index is 502. The molecule has 0 aromatic carbocycles. The van der Waals surface area contributed by atoms with Gasteiger partial charge in [0.25, 0.3) is 0 Å². The maximum Gasteiger partial charge on any atom is 0.320 e. The summed E-state index contributed by atoms with van der Waals surface area (Å²) in [7, 11) is 0. The number of nitrogens with one attached hydrogen (secondary N) is 2. The summed E-state index contributed by atoms with van der Waals surface area (Å²) in [5, 5.41) is 5.69. The summed E-state index contributed by atoms with van der Waals surface area (Å²) in [4.78, 5) is 15.7. The zero-order valence-electron chi connectivity index (χ0n) is 10.5. The van der Waals surface area contributed by atoms with Crippen LogP contribution in [0.2, 0.25) is 0 Å². The molecule has 0 aliphatic heterocycles. The molecule has 1 aromatic heterocycles. The van der Waals surface area contributed by atoms with Crippen LogP contribution in [0.3, 0.4) is 0 Å². The van der Waals surface area contributed by atoms with Crippen molar-refractivity contribution >= 4 is 11.8 Å². The van der Waals surface area contributed by atoms with Gasteiger partial charge in [-0.3, -0.25) is 5.32 Å². The lowest BCUT2D eigenvalue weighted by molar-refractivity contribution is 0.249. The highest BCUT2D eigenvalue weighted by molar-refractivity contribution is 5.88. The Balaban J connectivity index is 1.35. The molecule has 0 saturated heterocycles. The molecule has 0 radical (unpaired) electrons. The summed E-state index contributed by atoms with van der Waals surface area (Å²) in [6.45, 7) is 0. The van der Waals surface area contributed by atoms with E-state index in [0.29, 0.717) is 23.7 Å². The van der Waals surface area contributed by atoms with Crippen molar-refractivity contribution in [3.63, 3.8) is 0 Å². The molecule has 2 amide bonds. The van der Waals surface area contributed by atoms with Crippen molar-refractivity contribution in [2.75, 3.05) is 5.32 Å². The van der Waals surface area contributed by atoms with Crippen LogP contribution in [0.5, 0.6) is 0 Å². The maximum absolute atomic E-state index is 12.7. The standard InChI is InChI=1S/C14H16FN3O/c15-9-3-4-10(16-6-9)17-14(19)18-13-11-7-1-2-8(5-7)12(11)13/h3-4,6-8,11-13H,1-2,5H2,(H2,16,17,18,19)/t7-,8-,11+,12+/m0/s1. The van der Waals surface area contributed by atoms with Gasteiger partial charge in [0, 0.05) is 6.04 Å². The van der Waals surface area contributed by atoms with Crippen LogP contribution < -0.4 is 10.6 Å². The Kier molecular flexibility index (Phi) is 2.31. The highest BCUT2D eigenvalue weighted by Gasteiger charge is 2.65. The van der Waals surface area contributed by atoms with Gasteiger partial charge in [0.1, 0.15) is 11.6 Å². The van der Waals surface area contributed by atoms with Crippen molar-refractivity contribution in [3.8, 4) is 0 Å². The molecule has 2 bridgehead atoms. The van der Waals surface area contributed by atoms with E-state index in [1.165, 1.54) is 31.4 Å². The van der Waals surface area contributed by atoms with Gasteiger partial charge in [0.15, 0.2) is 0 Å². The molecule has 4 rings (SSSR count). The van der Waals surface area contributed by atoms with E-state index in [4.69, 9.17) is 0 Å². The Morgan fingerprint density at radius 1 is 1.26 bits per heavy atom. The normalized spacial score (nSPS) is 37.8. The summed E-state index contributed by atoms with van der Waals surface area (Å²) < 4.78 is 12.7. The van der Waals surface area contributed by atoms with Gasteiger partial charge in [-0.1, -0.05) is 0 Å². The molecule has 3 fully saturated rings. The molecule has 4 atom stereocenters. The van der Waals surface area contributed by atoms with Gasteiger partial charge < -0.3 is 5.32 Å². The van der Waals surface area contributed by atoms with E-state index in [0.717, 1.165) is 18.0 Å². The molecule has 3 saturated carbocycles. The Hall–Kier alpha value is -1.65. The number of pyridine rings is 1. The number of urea groups is 1. The van der Waals surface area contributed by atoms with Gasteiger partial charge >= 0.3 is 6.03 Å². The van der Waals surface area contributed by atoms with E-state index in [1.54, 1.807) is 0 Å². The Morgan fingerprint density at radius 2 is 2.00 bits per heavy atom. The minimum absolute atomic E-state index is 0.224. The van der Waals surface area contributed by atoms with E-state index >= 15 is 0 Å². The number of halogens is 1. The lowest BCUT2D eigenvalue weighted by Gasteiger charge is -2.11. The molecule has 1 aromatic rings. The van der Waals surface area contributed by atoms with Crippen molar-refractivity contribution in [2.45, 2.75) is 25.3 Å². The fourth-order valence-electron chi connectivity index (χ4n) is 4.27. The second kappa shape index (κ2) is 3.92. The summed E-state index contributed by atoms with van der Waals surface area (Å²) in [6.07, 6.45) is 5.15. The third-order valence-corrected chi connectivity index (χ3v) is 5.00. The first-order valence-corrected chi connectivity index (χ1v) is 6.91. The molecule has 100 valence electrons. The van der Waals surface area contributed by atoms with Gasteiger partial charge in [-0.25, -0.2) is 14.2 Å². The Morgan fingerprint density at radius 3 is 2.63 bits per heavy atom. The summed E-state index contributed by atoms with van der Waals surface area (Å²) in [5.74, 6) is 3.08. The number of rotatable bonds is 2. The monoisotopic (exact) mass is 261 g/mol. The predicted molar refractivity (Wildman–Crippen MR) is 67.9 cm³/mol. The first kappa shape index (κ1) is 11.2. The third-order valence-electron chi connectivity index (χ3n) is 5.00. The molecule has 4 nitrogen and oxygen atoms in total. The smallest absolute Gasteiger partial charge is 0.320 e. The number of aromatic nitrogens is 1. The summed E-state index contributed by atoms with van der Waals surface area (Å²) >= 11 is 0. The number of carbonyl (C=O) groups excluding carboxylic acids is 1. The van der Waals surface area contributed by atoms with E-state index in [1.807, 2.05) is 0 Å². The van der Waals surface area contributed by atoms with Gasteiger partial charge in [0.2, 0.25) is 0 Å². The molecule has 0 spiro atoms. The van der Waals surface area contributed by atoms with Crippen molar-refractivity contribution < 1.29 is 9.18 Å². The summed E-state index contributed by atoms with van der Waals surface area (Å²) in [6, 6.07) is 2.88. The largest absolute Gasteiger partial charge is 0.334 e. The van der Waals surface area contributed by atoms with Crippen LogP contribution in [-0.2, 0) is 0 Å². The first-order valence-electron chi connectivity index (χ1n) is 6.91. The fraction of sp³-hybridized carbons (Fsp3) is 0.571. The van der Waals surface area contributed by atoms with Crippen LogP contribution in [0.1, 0.15) is 19.3 Å². The van der Waals surface area contributed by atoms with Crippen LogP contribution in [0.4, 0.5) is 15.0 Å². The van der Waals surface area contributed by atoms with Crippen LogP contribution >= 0.6 is 0 Å². The number of anilines is 1. The van der Waals surface area contributed by atoms with E-state index in [2.05, 4.69) is 15.6 Å². The van der Waals surface area contributed by atoms with E-state index < -0.39 is 5.82 Å². The number of amides is 2. The zero-order chi connectivity index (χ0) is 13.0. The molecule has 2 N–H and O–H groups in total. The number of carbonyl (C=O) groups is 1. The first-order chi connectivity index (χ1) is 9.22. The van der Waals surface area contributed by atoms with Crippen molar-refractivity contribution in [1.29, 1.82) is 0 Å². The SMILES string of the molecule is O=C(Nc1ccc(F)cn1)NC1[C@@H]2[C@H]3CC[C@@H](C3)[C@@H]12. The molecule has 0 unspecified atom stereocenters. The quantitative estimate of drug-likeness (QED) is 0.858. The average Bonchev–Trinajstić information content (AvgIpc) is 2.81. The fourth-order valence-corrected chi connectivity index (χ4v) is 4.27. The highest BCUT2D eigenvalue weighted by Crippen LogP contribution is 2.65. The van der Waals surface area contributed by atoms with Crippen LogP contribution in [-0.4, -0.2) is 17.1 Å². The third kappa shape index (κ3) is 1.79. The molecular formula is C14H16FN3O. The lowest BCUT2D eigenvalue weighted by atomic mass is 10.0. The molecule has 3 aliphatic rings. The Labute approximate surface area is 110 Å². The molecular weight excluding hydrogens is 245 g/mol. The molecule has 5 heteroatoms. The minimum Gasteiger partial charge on any atom is -0.334 e. The summed E-state index contributed by atoms with van der Waals surface area (Å²) in [5.41, 5.74) is 0. The number of nitrogens with zero attached hydrogens (tertiary/aromatic N) is 1. The molecule has 3 aliphatic carbocycles. The van der Waals surface area contributed by atoms with Gasteiger partial charge in [0.05, 0.1) is 6.20 Å². The maximum atomic E-state index is 12.7. The van der Waals surface area contributed by atoms with Crippen molar-refractivity contribution in [3.05, 3.63) is 24.1 Å². The average molecular weight is 261 g/mol. The van der Waals surface area contributed by atoms with Crippen LogP contribution in [0.25, 0.3) is 0 Å². The number of hydrogen-bond donors (Lipinski definition) is 2. The molecule has 19 heavy (non-hydrogen) atoms. The van der Waals surface area contributed by atoms with Crippen LogP contribution in [0.15, 0.2) is 18.3 Å². The second-order valence-electron chi connectivity index (χ2n) is 5.97. The predicted octanol–water partition coefficient (Wildman–Crippen LogP) is 2.39. The van der Waals surface area contributed by atoms with E-state index in [-0.39, 0.29) is 6.03 Å².